The first-order chi connectivity index (χ1) is 14.4. The van der Waals surface area contributed by atoms with Crippen LogP contribution in [0.25, 0.3) is 33.1 Å². The second-order valence-corrected chi connectivity index (χ2v) is 6.75. The number of rotatable bonds is 1. The summed E-state index contributed by atoms with van der Waals surface area (Å²) in [6.45, 7) is 0. The van der Waals surface area contributed by atoms with E-state index in [2.05, 4.69) is 4.98 Å². The molecule has 0 radical (unpaired) electrons. The van der Waals surface area contributed by atoms with Crippen LogP contribution in [0.4, 0.5) is 13.2 Å². The van der Waals surface area contributed by atoms with Crippen LogP contribution < -0.4 is 11.0 Å². The Bertz CT molecular complexity index is 1570. The van der Waals surface area contributed by atoms with Crippen molar-refractivity contribution in [2.24, 2.45) is 0 Å². The van der Waals surface area contributed by atoms with Gasteiger partial charge in [0.2, 0.25) is 11.1 Å². The lowest BCUT2D eigenvalue weighted by atomic mass is 10.1. The predicted molar refractivity (Wildman–Crippen MR) is 107 cm³/mol. The summed E-state index contributed by atoms with van der Waals surface area (Å²) in [7, 11) is 0. The van der Waals surface area contributed by atoms with Crippen molar-refractivity contribution in [3.63, 3.8) is 0 Å². The molecule has 2 aromatic heterocycles. The van der Waals surface area contributed by atoms with Gasteiger partial charge >= 0.3 is 6.18 Å². The SMILES string of the molecule is O=c1c2cccc(C(F)(F)F)c2n(-c2ccccc2)n2c(=O)c3ccccc3nc12. The first-order valence-electron chi connectivity index (χ1n) is 9.00. The molecule has 0 spiro atoms. The second kappa shape index (κ2) is 6.28. The molecule has 0 N–H and O–H groups in total. The van der Waals surface area contributed by atoms with Crippen LogP contribution in [0.3, 0.4) is 0 Å². The zero-order chi connectivity index (χ0) is 21.0. The molecule has 0 aliphatic rings. The summed E-state index contributed by atoms with van der Waals surface area (Å²) in [5, 5.41) is 0.0266. The lowest BCUT2D eigenvalue weighted by Crippen LogP contribution is -2.30. The quantitative estimate of drug-likeness (QED) is 0.392. The van der Waals surface area contributed by atoms with Gasteiger partial charge in [0, 0.05) is 0 Å². The highest BCUT2D eigenvalue weighted by molar-refractivity contribution is 5.88. The maximum absolute atomic E-state index is 13.9. The number of hydrogen-bond acceptors (Lipinski definition) is 3. The Morgan fingerprint density at radius 1 is 0.767 bits per heavy atom. The highest BCUT2D eigenvalue weighted by Crippen LogP contribution is 2.35. The normalized spacial score (nSPS) is 12.1. The molecule has 3 aromatic carbocycles. The molecule has 0 unspecified atom stereocenters. The van der Waals surface area contributed by atoms with Crippen molar-refractivity contribution in [1.82, 2.24) is 14.2 Å². The fourth-order valence-corrected chi connectivity index (χ4v) is 3.67. The van der Waals surface area contributed by atoms with Gasteiger partial charge in [0.05, 0.1) is 33.1 Å². The van der Waals surface area contributed by atoms with E-state index in [-0.39, 0.29) is 16.4 Å². The Hall–Kier alpha value is -3.94. The zero-order valence-electron chi connectivity index (χ0n) is 15.2. The number of aromatic nitrogens is 3. The largest absolute Gasteiger partial charge is 0.418 e. The second-order valence-electron chi connectivity index (χ2n) is 6.75. The summed E-state index contributed by atoms with van der Waals surface area (Å²) in [6, 6.07) is 17.9. The molecule has 0 bridgehead atoms. The first kappa shape index (κ1) is 18.1. The summed E-state index contributed by atoms with van der Waals surface area (Å²) >= 11 is 0. The van der Waals surface area contributed by atoms with Crippen LogP contribution >= 0.6 is 0 Å². The molecule has 5 nitrogen and oxygen atoms in total. The van der Waals surface area contributed by atoms with Crippen molar-refractivity contribution in [2.45, 2.75) is 6.18 Å². The molecule has 148 valence electrons. The van der Waals surface area contributed by atoms with Gasteiger partial charge in [-0.3, -0.25) is 9.59 Å². The van der Waals surface area contributed by atoms with Gasteiger partial charge in [0.1, 0.15) is 0 Å². The number of hydrogen-bond donors (Lipinski definition) is 0. The summed E-state index contributed by atoms with van der Waals surface area (Å²) in [5.41, 5.74) is -2.43. The molecule has 0 atom stereocenters. The fourth-order valence-electron chi connectivity index (χ4n) is 3.67. The van der Waals surface area contributed by atoms with Crippen molar-refractivity contribution < 1.29 is 13.2 Å². The third-order valence-electron chi connectivity index (χ3n) is 4.96. The highest BCUT2D eigenvalue weighted by Gasteiger charge is 2.35. The van der Waals surface area contributed by atoms with Crippen molar-refractivity contribution in [3.05, 3.63) is 98.9 Å². The standard InChI is InChI=1S/C22H12F3N3O2/c23-22(24,25)16-11-6-10-15-18(16)27(13-7-2-1-3-8-13)28-20(19(15)29)26-17-12-5-4-9-14(17)21(28)30/h1-12H. The molecule has 0 amide bonds. The molecule has 0 fully saturated rings. The molecule has 5 aromatic rings. The Morgan fingerprint density at radius 3 is 2.17 bits per heavy atom. The minimum Gasteiger partial charge on any atom is -0.285 e. The number of alkyl halides is 3. The van der Waals surface area contributed by atoms with Crippen LogP contribution in [0.5, 0.6) is 0 Å². The Balaban J connectivity index is 2.18. The minimum atomic E-state index is -4.73. The smallest absolute Gasteiger partial charge is 0.285 e. The van der Waals surface area contributed by atoms with E-state index in [0.29, 0.717) is 11.2 Å². The van der Waals surface area contributed by atoms with Gasteiger partial charge < -0.3 is 0 Å². The monoisotopic (exact) mass is 407 g/mol. The van der Waals surface area contributed by atoms with Gasteiger partial charge in [-0.2, -0.15) is 17.7 Å². The Kier molecular flexibility index (Phi) is 3.79. The molecule has 0 aliphatic carbocycles. The lowest BCUT2D eigenvalue weighted by molar-refractivity contribution is -0.136. The van der Waals surface area contributed by atoms with Gasteiger partial charge in [0.15, 0.2) is 0 Å². The predicted octanol–water partition coefficient (Wildman–Crippen LogP) is 4.17. The van der Waals surface area contributed by atoms with E-state index in [1.165, 1.54) is 18.2 Å². The van der Waals surface area contributed by atoms with E-state index < -0.39 is 28.2 Å². The molecular formula is C22H12F3N3O2. The van der Waals surface area contributed by atoms with Crippen LogP contribution in [0, 0.1) is 0 Å². The van der Waals surface area contributed by atoms with Crippen LogP contribution in [0.15, 0.2) is 82.4 Å². The summed E-state index contributed by atoms with van der Waals surface area (Å²) < 4.78 is 43.7. The number of benzene rings is 3. The average Bonchev–Trinajstić information content (AvgIpc) is 2.74. The van der Waals surface area contributed by atoms with Crippen LogP contribution in [0.1, 0.15) is 5.56 Å². The van der Waals surface area contributed by atoms with Crippen molar-refractivity contribution >= 4 is 27.5 Å². The van der Waals surface area contributed by atoms with E-state index in [4.69, 9.17) is 0 Å². The van der Waals surface area contributed by atoms with Crippen LogP contribution in [-0.4, -0.2) is 14.2 Å². The Morgan fingerprint density at radius 2 is 1.43 bits per heavy atom. The molecule has 0 saturated heterocycles. The number of halogens is 3. The molecule has 5 rings (SSSR count). The van der Waals surface area contributed by atoms with Crippen molar-refractivity contribution in [3.8, 4) is 5.69 Å². The molecule has 0 aliphatic heterocycles. The van der Waals surface area contributed by atoms with Gasteiger partial charge in [-0.1, -0.05) is 36.4 Å². The number of para-hydroxylation sites is 3. The highest BCUT2D eigenvalue weighted by atomic mass is 19.4. The third kappa shape index (κ3) is 2.53. The minimum absolute atomic E-state index is 0.171. The Labute approximate surface area is 166 Å². The summed E-state index contributed by atoms with van der Waals surface area (Å²) in [4.78, 5) is 30.8. The molecular weight excluding hydrogens is 395 g/mol. The summed E-state index contributed by atoms with van der Waals surface area (Å²) in [6.07, 6.45) is -4.73. The van der Waals surface area contributed by atoms with E-state index in [0.717, 1.165) is 15.3 Å². The lowest BCUT2D eigenvalue weighted by Gasteiger charge is -2.19. The van der Waals surface area contributed by atoms with Gasteiger partial charge in [0.25, 0.3) is 5.56 Å². The molecule has 30 heavy (non-hydrogen) atoms. The third-order valence-corrected chi connectivity index (χ3v) is 4.96. The summed E-state index contributed by atoms with van der Waals surface area (Å²) in [5.74, 6) is 0. The van der Waals surface area contributed by atoms with Crippen LogP contribution in [-0.2, 0) is 6.18 Å². The zero-order valence-corrected chi connectivity index (χ0v) is 15.2. The molecule has 2 heterocycles. The maximum atomic E-state index is 13.9. The van der Waals surface area contributed by atoms with Gasteiger partial charge in [-0.15, -0.1) is 0 Å². The van der Waals surface area contributed by atoms with Gasteiger partial charge in [-0.05, 0) is 36.4 Å². The number of fused-ring (bicyclic) bond motifs is 3. The van der Waals surface area contributed by atoms with E-state index in [1.54, 1.807) is 48.5 Å². The topological polar surface area (TPSA) is 56.4 Å². The van der Waals surface area contributed by atoms with E-state index in [1.807, 2.05) is 0 Å². The van der Waals surface area contributed by atoms with Gasteiger partial charge in [-0.25, -0.2) is 9.67 Å². The van der Waals surface area contributed by atoms with E-state index >= 15 is 0 Å². The molecule has 8 heteroatoms. The molecule has 0 saturated carbocycles. The van der Waals surface area contributed by atoms with Crippen molar-refractivity contribution in [1.29, 1.82) is 0 Å². The van der Waals surface area contributed by atoms with Crippen LogP contribution in [0.2, 0.25) is 0 Å². The number of nitrogens with zero attached hydrogens (tertiary/aromatic N) is 3. The van der Waals surface area contributed by atoms with E-state index in [9.17, 15) is 22.8 Å². The average molecular weight is 407 g/mol. The fraction of sp³-hybridized carbons (Fsp3) is 0.0455. The van der Waals surface area contributed by atoms with Crippen molar-refractivity contribution in [2.75, 3.05) is 0 Å². The maximum Gasteiger partial charge on any atom is 0.418 e. The first-order valence-corrected chi connectivity index (χ1v) is 9.00.